The van der Waals surface area contributed by atoms with Gasteiger partial charge in [-0.1, -0.05) is 35.3 Å². The molecule has 25 heavy (non-hydrogen) atoms. The highest BCUT2D eigenvalue weighted by Crippen LogP contribution is 2.34. The van der Waals surface area contributed by atoms with Crippen LogP contribution in [0.3, 0.4) is 0 Å². The molecule has 2 aromatic carbocycles. The van der Waals surface area contributed by atoms with Crippen LogP contribution >= 0.6 is 23.2 Å². The number of halogens is 2. The molecule has 2 rings (SSSR count). The smallest absolute Gasteiger partial charge is 0.324 e. The molecule has 0 aliphatic rings. The van der Waals surface area contributed by atoms with Crippen molar-refractivity contribution < 1.29 is 23.2 Å². The van der Waals surface area contributed by atoms with E-state index < -0.39 is 38.0 Å². The number of carboxylic acids is 1. The van der Waals surface area contributed by atoms with Crippen molar-refractivity contribution in [2.45, 2.75) is 4.90 Å². The van der Waals surface area contributed by atoms with E-state index in [4.69, 9.17) is 28.3 Å². The second-order valence-corrected chi connectivity index (χ2v) is 7.40. The molecule has 0 unspecified atom stereocenters. The summed E-state index contributed by atoms with van der Waals surface area (Å²) in [6.07, 6.45) is 0. The van der Waals surface area contributed by atoms with E-state index in [-0.39, 0.29) is 15.7 Å². The number of carboxylic acid groups (broad SMARTS) is 1. The van der Waals surface area contributed by atoms with Gasteiger partial charge in [-0.05, 0) is 24.3 Å². The minimum atomic E-state index is -4.58. The van der Waals surface area contributed by atoms with Crippen molar-refractivity contribution >= 4 is 50.6 Å². The van der Waals surface area contributed by atoms with Crippen molar-refractivity contribution in [1.29, 1.82) is 0 Å². The summed E-state index contributed by atoms with van der Waals surface area (Å²) in [5.41, 5.74) is -0.838. The van der Waals surface area contributed by atoms with Crippen LogP contribution in [0, 0.1) is 10.1 Å². The second kappa shape index (κ2) is 7.26. The molecule has 0 amide bonds. The van der Waals surface area contributed by atoms with Gasteiger partial charge in [-0.15, -0.1) is 0 Å². The van der Waals surface area contributed by atoms with Gasteiger partial charge in [0.05, 0.1) is 15.6 Å². The molecule has 0 aliphatic heterocycles. The minimum absolute atomic E-state index is 0.115. The molecule has 0 spiro atoms. The lowest BCUT2D eigenvalue weighted by Gasteiger charge is -2.23. The summed E-state index contributed by atoms with van der Waals surface area (Å²) in [5, 5.41) is 20.3. The zero-order valence-electron chi connectivity index (χ0n) is 12.3. The first-order valence-electron chi connectivity index (χ1n) is 6.57. The number of nitro benzene ring substituents is 1. The Hall–Kier alpha value is -2.36. The Bertz CT molecular complexity index is 948. The zero-order valence-corrected chi connectivity index (χ0v) is 14.6. The summed E-state index contributed by atoms with van der Waals surface area (Å²) in [7, 11) is -4.58. The van der Waals surface area contributed by atoms with Crippen molar-refractivity contribution in [3.8, 4) is 0 Å². The number of benzene rings is 2. The van der Waals surface area contributed by atoms with Crippen molar-refractivity contribution in [3.63, 3.8) is 0 Å². The van der Waals surface area contributed by atoms with E-state index in [0.29, 0.717) is 4.31 Å². The van der Waals surface area contributed by atoms with E-state index in [1.165, 1.54) is 30.3 Å². The number of sulfonamides is 1. The normalized spacial score (nSPS) is 11.1. The molecule has 0 heterocycles. The van der Waals surface area contributed by atoms with E-state index in [0.717, 1.165) is 12.1 Å². The number of hydrogen-bond donors (Lipinski definition) is 1. The maximum absolute atomic E-state index is 12.9. The molecule has 2 aromatic rings. The first-order valence-corrected chi connectivity index (χ1v) is 8.77. The number of para-hydroxylation sites is 1. The van der Waals surface area contributed by atoms with Crippen LogP contribution in [0.1, 0.15) is 0 Å². The maximum atomic E-state index is 12.9. The Labute approximate surface area is 152 Å². The van der Waals surface area contributed by atoms with Crippen molar-refractivity contribution in [2.75, 3.05) is 10.8 Å². The SMILES string of the molecule is O=C(O)CN(c1ccc(Cl)cc1Cl)S(=O)(=O)c1ccccc1[N+](=O)[O-]. The van der Waals surface area contributed by atoms with Gasteiger partial charge in [-0.25, -0.2) is 8.42 Å². The van der Waals surface area contributed by atoms with Crippen LogP contribution in [0.2, 0.25) is 10.0 Å². The molecule has 0 radical (unpaired) electrons. The monoisotopic (exact) mass is 404 g/mol. The fraction of sp³-hybridized carbons (Fsp3) is 0.0714. The quantitative estimate of drug-likeness (QED) is 0.583. The number of nitro groups is 1. The average Bonchev–Trinajstić information content (AvgIpc) is 2.53. The average molecular weight is 405 g/mol. The molecule has 0 atom stereocenters. The van der Waals surface area contributed by atoms with Crippen LogP contribution in [-0.4, -0.2) is 31.0 Å². The molecule has 0 aliphatic carbocycles. The highest BCUT2D eigenvalue weighted by molar-refractivity contribution is 7.93. The van der Waals surface area contributed by atoms with E-state index >= 15 is 0 Å². The van der Waals surface area contributed by atoms with Crippen LogP contribution in [0.5, 0.6) is 0 Å². The van der Waals surface area contributed by atoms with Crippen LogP contribution in [-0.2, 0) is 14.8 Å². The molecule has 0 fully saturated rings. The third-order valence-corrected chi connectivity index (χ3v) is 5.43. The standard InChI is InChI=1S/C14H10Cl2N2O6S/c15-9-5-6-11(10(16)7-9)17(8-14(19)20)25(23,24)13-4-2-1-3-12(13)18(21)22/h1-7H,8H2,(H,19,20). The number of hydrogen-bond acceptors (Lipinski definition) is 5. The fourth-order valence-corrected chi connectivity index (χ4v) is 4.20. The van der Waals surface area contributed by atoms with E-state index in [9.17, 15) is 23.3 Å². The van der Waals surface area contributed by atoms with Crippen LogP contribution < -0.4 is 4.31 Å². The highest BCUT2D eigenvalue weighted by Gasteiger charge is 2.34. The Morgan fingerprint density at radius 3 is 2.40 bits per heavy atom. The first kappa shape index (κ1) is 19.0. The minimum Gasteiger partial charge on any atom is -0.480 e. The topological polar surface area (TPSA) is 118 Å². The number of anilines is 1. The summed E-state index contributed by atoms with van der Waals surface area (Å²) in [5.74, 6) is -1.46. The number of aliphatic carboxylic acids is 1. The number of nitrogens with zero attached hydrogens (tertiary/aromatic N) is 2. The summed E-state index contributed by atoms with van der Waals surface area (Å²) in [4.78, 5) is 20.8. The Kier molecular flexibility index (Phi) is 5.51. The molecule has 8 nitrogen and oxygen atoms in total. The van der Waals surface area contributed by atoms with Gasteiger partial charge in [0.1, 0.15) is 6.54 Å². The first-order chi connectivity index (χ1) is 11.6. The lowest BCUT2D eigenvalue weighted by Crippen LogP contribution is -2.36. The third-order valence-electron chi connectivity index (χ3n) is 3.09. The Balaban J connectivity index is 2.69. The molecule has 0 bridgehead atoms. The third kappa shape index (κ3) is 4.01. The number of carbonyl (C=O) groups is 1. The van der Waals surface area contributed by atoms with Crippen LogP contribution in [0.4, 0.5) is 11.4 Å². The van der Waals surface area contributed by atoms with Gasteiger partial charge in [0.2, 0.25) is 0 Å². The zero-order chi connectivity index (χ0) is 18.8. The molecule has 0 aromatic heterocycles. The van der Waals surface area contributed by atoms with Crippen LogP contribution in [0.25, 0.3) is 0 Å². The number of rotatable bonds is 6. The van der Waals surface area contributed by atoms with E-state index in [1.54, 1.807) is 0 Å². The fourth-order valence-electron chi connectivity index (χ4n) is 2.05. The molecule has 0 saturated heterocycles. The molecular weight excluding hydrogens is 395 g/mol. The van der Waals surface area contributed by atoms with E-state index in [2.05, 4.69) is 0 Å². The van der Waals surface area contributed by atoms with Gasteiger partial charge in [0.25, 0.3) is 15.7 Å². The van der Waals surface area contributed by atoms with Gasteiger partial charge >= 0.3 is 5.97 Å². The second-order valence-electron chi connectivity index (χ2n) is 4.73. The van der Waals surface area contributed by atoms with Gasteiger partial charge < -0.3 is 5.11 Å². The predicted octanol–water partition coefficient (Wildman–Crippen LogP) is 3.18. The molecule has 132 valence electrons. The molecule has 11 heteroatoms. The molecule has 0 saturated carbocycles. The van der Waals surface area contributed by atoms with Gasteiger partial charge in [-0.3, -0.25) is 19.2 Å². The van der Waals surface area contributed by atoms with Gasteiger partial charge in [-0.2, -0.15) is 0 Å². The van der Waals surface area contributed by atoms with Crippen LogP contribution in [0.15, 0.2) is 47.4 Å². The lowest BCUT2D eigenvalue weighted by atomic mass is 10.3. The van der Waals surface area contributed by atoms with Gasteiger partial charge in [0.15, 0.2) is 4.90 Å². The van der Waals surface area contributed by atoms with Crippen molar-refractivity contribution in [1.82, 2.24) is 0 Å². The highest BCUT2D eigenvalue weighted by atomic mass is 35.5. The largest absolute Gasteiger partial charge is 0.480 e. The summed E-state index contributed by atoms with van der Waals surface area (Å²) in [6.45, 7) is -0.976. The Morgan fingerprint density at radius 2 is 1.84 bits per heavy atom. The lowest BCUT2D eigenvalue weighted by molar-refractivity contribution is -0.387. The predicted molar refractivity (Wildman–Crippen MR) is 91.7 cm³/mol. The summed E-state index contributed by atoms with van der Waals surface area (Å²) >= 11 is 11.8. The van der Waals surface area contributed by atoms with Crippen molar-refractivity contribution in [2.24, 2.45) is 0 Å². The summed E-state index contributed by atoms with van der Waals surface area (Å²) in [6, 6.07) is 8.41. The van der Waals surface area contributed by atoms with E-state index in [1.807, 2.05) is 0 Å². The van der Waals surface area contributed by atoms with Gasteiger partial charge in [0, 0.05) is 11.1 Å². The summed E-state index contributed by atoms with van der Waals surface area (Å²) < 4.78 is 26.3. The maximum Gasteiger partial charge on any atom is 0.324 e. The Morgan fingerprint density at radius 1 is 1.20 bits per heavy atom. The molecule has 1 N–H and O–H groups in total. The van der Waals surface area contributed by atoms with Crippen molar-refractivity contribution in [3.05, 3.63) is 62.6 Å². The molecular formula is C14H10Cl2N2O6S.